The molecular formula is C30H31N3O2S. The standard InChI is InChI=1S/C30H31N3O2S/c34-25(18-20-8-9-20)26-19-21-10-15-33(24-6-2-1-4-22(24)28(21)36-26)29(35)23-5-3-7-27(31-23)32-16-13-30(11-12-30)14-17-32/h1-7,19-20H,8-18H2. The molecule has 0 N–H and O–H groups in total. The van der Waals surface area contributed by atoms with Crippen LogP contribution in [0.2, 0.25) is 0 Å². The summed E-state index contributed by atoms with van der Waals surface area (Å²) in [6.45, 7) is 2.63. The average Bonchev–Trinajstić information content (AvgIpc) is 3.84. The van der Waals surface area contributed by atoms with Crippen molar-refractivity contribution in [1.82, 2.24) is 4.98 Å². The summed E-state index contributed by atoms with van der Waals surface area (Å²) in [5.41, 5.74) is 4.23. The maximum absolute atomic E-state index is 13.8. The molecule has 7 rings (SSSR count). The van der Waals surface area contributed by atoms with Gasteiger partial charge in [-0.25, -0.2) is 4.98 Å². The van der Waals surface area contributed by atoms with Gasteiger partial charge >= 0.3 is 0 Å². The molecule has 1 amide bonds. The second-order valence-corrected chi connectivity index (χ2v) is 12.2. The molecule has 36 heavy (non-hydrogen) atoms. The fourth-order valence-corrected chi connectivity index (χ4v) is 7.07. The Bertz CT molecular complexity index is 1340. The van der Waals surface area contributed by atoms with E-state index in [0.29, 0.717) is 30.0 Å². The third kappa shape index (κ3) is 4.05. The number of hydrogen-bond acceptors (Lipinski definition) is 5. The van der Waals surface area contributed by atoms with E-state index in [-0.39, 0.29) is 11.7 Å². The third-order valence-electron chi connectivity index (χ3n) is 8.60. The summed E-state index contributed by atoms with van der Waals surface area (Å²) < 4.78 is 0. The second kappa shape index (κ2) is 8.55. The van der Waals surface area contributed by atoms with Crippen molar-refractivity contribution in [1.29, 1.82) is 0 Å². The van der Waals surface area contributed by atoms with Crippen molar-refractivity contribution in [3.8, 4) is 10.4 Å². The van der Waals surface area contributed by atoms with Crippen LogP contribution in [0.1, 0.15) is 70.7 Å². The predicted octanol–water partition coefficient (Wildman–Crippen LogP) is 6.38. The van der Waals surface area contributed by atoms with Crippen molar-refractivity contribution < 1.29 is 9.59 Å². The Hall–Kier alpha value is -2.99. The summed E-state index contributed by atoms with van der Waals surface area (Å²) >= 11 is 1.60. The molecule has 1 saturated heterocycles. The summed E-state index contributed by atoms with van der Waals surface area (Å²) in [5, 5.41) is 0. The van der Waals surface area contributed by atoms with Crippen molar-refractivity contribution in [2.24, 2.45) is 11.3 Å². The topological polar surface area (TPSA) is 53.5 Å². The lowest BCUT2D eigenvalue weighted by Gasteiger charge is -2.33. The molecule has 5 nitrogen and oxygen atoms in total. The molecule has 4 aliphatic rings. The van der Waals surface area contributed by atoms with Crippen molar-refractivity contribution in [2.75, 3.05) is 29.4 Å². The number of nitrogens with zero attached hydrogens (tertiary/aromatic N) is 3. The fourth-order valence-electron chi connectivity index (χ4n) is 5.87. The molecule has 1 spiro atoms. The van der Waals surface area contributed by atoms with Gasteiger partial charge < -0.3 is 9.80 Å². The molecule has 184 valence electrons. The number of amides is 1. The SMILES string of the molecule is O=C(CC1CC1)c1cc2c(s1)-c1ccccc1N(C(=O)c1cccc(N3CCC4(CC3)CC4)n1)CC2. The number of para-hydroxylation sites is 1. The highest BCUT2D eigenvalue weighted by atomic mass is 32.1. The summed E-state index contributed by atoms with van der Waals surface area (Å²) in [6.07, 6.45) is 9.00. The van der Waals surface area contributed by atoms with Crippen LogP contribution in [0.3, 0.4) is 0 Å². The molecule has 2 aliphatic carbocycles. The van der Waals surface area contributed by atoms with Crippen LogP contribution in [0.5, 0.6) is 0 Å². The van der Waals surface area contributed by atoms with E-state index in [4.69, 9.17) is 4.98 Å². The number of piperidine rings is 1. The van der Waals surface area contributed by atoms with Crippen molar-refractivity contribution in [3.63, 3.8) is 0 Å². The van der Waals surface area contributed by atoms with E-state index in [1.54, 1.807) is 11.3 Å². The number of anilines is 2. The van der Waals surface area contributed by atoms with E-state index in [1.165, 1.54) is 44.1 Å². The van der Waals surface area contributed by atoms with Crippen molar-refractivity contribution in [2.45, 2.75) is 51.4 Å². The van der Waals surface area contributed by atoms with E-state index in [2.05, 4.69) is 17.0 Å². The number of pyridine rings is 1. The molecule has 0 atom stereocenters. The van der Waals surface area contributed by atoms with E-state index in [1.807, 2.05) is 41.3 Å². The molecule has 3 aromatic rings. The molecule has 3 fully saturated rings. The average molecular weight is 498 g/mol. The number of ketones is 1. The van der Waals surface area contributed by atoms with E-state index < -0.39 is 0 Å². The molecule has 0 bridgehead atoms. The second-order valence-electron chi connectivity index (χ2n) is 11.1. The van der Waals surface area contributed by atoms with E-state index in [0.717, 1.165) is 46.3 Å². The summed E-state index contributed by atoms with van der Waals surface area (Å²) in [5.74, 6) is 1.72. The predicted molar refractivity (Wildman–Crippen MR) is 144 cm³/mol. The quantitative estimate of drug-likeness (QED) is 0.384. The molecule has 1 aromatic carbocycles. The van der Waals surface area contributed by atoms with E-state index >= 15 is 0 Å². The number of hydrogen-bond donors (Lipinski definition) is 0. The van der Waals surface area contributed by atoms with Crippen LogP contribution in [0, 0.1) is 11.3 Å². The summed E-state index contributed by atoms with van der Waals surface area (Å²) in [6, 6.07) is 16.0. The van der Waals surface area contributed by atoms with Gasteiger partial charge in [0.2, 0.25) is 0 Å². The molecule has 4 heterocycles. The monoisotopic (exact) mass is 497 g/mol. The van der Waals surface area contributed by atoms with Gasteiger partial charge in [0.1, 0.15) is 11.5 Å². The van der Waals surface area contributed by atoms with Crippen LogP contribution in [-0.4, -0.2) is 36.3 Å². The minimum Gasteiger partial charge on any atom is -0.357 e. The highest BCUT2D eigenvalue weighted by Gasteiger charge is 2.44. The molecule has 0 unspecified atom stereocenters. The van der Waals surface area contributed by atoms with Crippen LogP contribution in [0.25, 0.3) is 10.4 Å². The number of benzene rings is 1. The first kappa shape index (κ1) is 22.2. The van der Waals surface area contributed by atoms with Gasteiger partial charge in [0.15, 0.2) is 5.78 Å². The number of carbonyl (C=O) groups is 2. The summed E-state index contributed by atoms with van der Waals surface area (Å²) in [4.78, 5) is 37.7. The first-order chi connectivity index (χ1) is 17.6. The Kier molecular flexibility index (Phi) is 5.28. The van der Waals surface area contributed by atoms with Gasteiger partial charge in [-0.15, -0.1) is 11.3 Å². The number of rotatable bonds is 5. The Morgan fingerprint density at radius 1 is 0.972 bits per heavy atom. The Morgan fingerprint density at radius 2 is 1.78 bits per heavy atom. The van der Waals surface area contributed by atoms with Gasteiger partial charge in [0, 0.05) is 36.5 Å². The number of carbonyl (C=O) groups excluding carboxylic acids is 2. The van der Waals surface area contributed by atoms with Crippen LogP contribution in [0.15, 0.2) is 48.5 Å². The molecular weight excluding hydrogens is 466 g/mol. The number of aromatic nitrogens is 1. The zero-order valence-electron chi connectivity index (χ0n) is 20.5. The molecule has 2 aromatic heterocycles. The lowest BCUT2D eigenvalue weighted by atomic mass is 9.94. The fraction of sp³-hybridized carbons (Fsp3) is 0.433. The van der Waals surface area contributed by atoms with Crippen LogP contribution in [0.4, 0.5) is 11.5 Å². The van der Waals surface area contributed by atoms with Gasteiger partial charge in [-0.05, 0) is 86.1 Å². The van der Waals surface area contributed by atoms with Crippen molar-refractivity contribution >= 4 is 34.5 Å². The first-order valence-corrected chi connectivity index (χ1v) is 14.2. The van der Waals surface area contributed by atoms with Crippen LogP contribution in [-0.2, 0) is 6.42 Å². The van der Waals surface area contributed by atoms with Gasteiger partial charge in [-0.1, -0.05) is 24.3 Å². The molecule has 0 radical (unpaired) electrons. The normalized spacial score (nSPS) is 20.0. The minimum absolute atomic E-state index is 0.0554. The Morgan fingerprint density at radius 3 is 2.56 bits per heavy atom. The van der Waals surface area contributed by atoms with E-state index in [9.17, 15) is 9.59 Å². The maximum atomic E-state index is 13.8. The highest BCUT2D eigenvalue weighted by molar-refractivity contribution is 7.17. The smallest absolute Gasteiger partial charge is 0.276 e. The zero-order chi connectivity index (χ0) is 24.3. The summed E-state index contributed by atoms with van der Waals surface area (Å²) in [7, 11) is 0. The Balaban J connectivity index is 1.16. The van der Waals surface area contributed by atoms with Gasteiger partial charge in [0.05, 0.1) is 10.6 Å². The Labute approximate surface area is 216 Å². The van der Waals surface area contributed by atoms with Gasteiger partial charge in [0.25, 0.3) is 5.91 Å². The molecule has 2 saturated carbocycles. The maximum Gasteiger partial charge on any atom is 0.276 e. The lowest BCUT2D eigenvalue weighted by molar-refractivity contribution is 0.0972. The van der Waals surface area contributed by atoms with Crippen molar-refractivity contribution in [3.05, 3.63) is 64.7 Å². The number of Topliss-reactive ketones (excluding diaryl/α,β-unsaturated/α-hetero) is 1. The highest BCUT2D eigenvalue weighted by Crippen LogP contribution is 2.53. The molecule has 6 heteroatoms. The van der Waals surface area contributed by atoms with Gasteiger partial charge in [-0.2, -0.15) is 0 Å². The molecule has 2 aliphatic heterocycles. The zero-order valence-corrected chi connectivity index (χ0v) is 21.4. The number of thiophene rings is 1. The largest absolute Gasteiger partial charge is 0.357 e. The number of fused-ring (bicyclic) bond motifs is 3. The van der Waals surface area contributed by atoms with Gasteiger partial charge in [-0.3, -0.25) is 9.59 Å². The third-order valence-corrected chi connectivity index (χ3v) is 9.85. The minimum atomic E-state index is -0.0554. The lowest BCUT2D eigenvalue weighted by Crippen LogP contribution is -2.36. The first-order valence-electron chi connectivity index (χ1n) is 13.4. The van der Waals surface area contributed by atoms with Crippen LogP contribution >= 0.6 is 11.3 Å². The van der Waals surface area contributed by atoms with Crippen LogP contribution < -0.4 is 9.80 Å².